The lowest BCUT2D eigenvalue weighted by molar-refractivity contribution is 0.398. The summed E-state index contributed by atoms with van der Waals surface area (Å²) >= 11 is 9.30. The van der Waals surface area contributed by atoms with Crippen molar-refractivity contribution < 1.29 is 8.42 Å². The molecule has 2 aromatic rings. The third-order valence-corrected chi connectivity index (χ3v) is 6.53. The minimum Gasteiger partial charge on any atom is -0.242 e. The van der Waals surface area contributed by atoms with Crippen LogP contribution >= 0.6 is 27.5 Å². The molecule has 1 saturated carbocycles. The van der Waals surface area contributed by atoms with Gasteiger partial charge in [0.1, 0.15) is 10.0 Å². The van der Waals surface area contributed by atoms with Crippen molar-refractivity contribution in [3.63, 3.8) is 0 Å². The fraction of sp³-hybridized carbons (Fsp3) is 0.312. The quantitative estimate of drug-likeness (QED) is 0.689. The van der Waals surface area contributed by atoms with Gasteiger partial charge in [-0.15, -0.1) is 0 Å². The molecule has 7 heteroatoms. The number of hydrogen-bond donors (Lipinski definition) is 0. The monoisotopic (exact) mass is 414 g/mol. The van der Waals surface area contributed by atoms with E-state index in [-0.39, 0.29) is 16.1 Å². The summed E-state index contributed by atoms with van der Waals surface area (Å²) in [5.41, 5.74) is 2.11. The van der Waals surface area contributed by atoms with Crippen molar-refractivity contribution in [2.24, 2.45) is 0 Å². The van der Waals surface area contributed by atoms with Crippen LogP contribution in [0.1, 0.15) is 24.0 Å². The first kappa shape index (κ1) is 16.9. The molecule has 0 aliphatic heterocycles. The van der Waals surface area contributed by atoms with Gasteiger partial charge in [0.25, 0.3) is 0 Å². The molecule has 1 fully saturated rings. The Morgan fingerprint density at radius 2 is 1.96 bits per heavy atom. The number of hydrogen-bond acceptors (Lipinski definition) is 3. The molecule has 0 radical (unpaired) electrons. The average Bonchev–Trinajstić information content (AvgIpc) is 3.33. The molecule has 3 rings (SSSR count). The standard InChI is InChI=1S/C16H16BrClN2O2S/c1-11-2-4-12(5-3-11)10-20(14-6-7-14)23(21,22)15-8-13(17)9-19-16(15)18/h2-5,8-9,14H,6-7,10H2,1H3. The van der Waals surface area contributed by atoms with Gasteiger partial charge in [0.15, 0.2) is 0 Å². The summed E-state index contributed by atoms with van der Waals surface area (Å²) in [6, 6.07) is 9.44. The van der Waals surface area contributed by atoms with Gasteiger partial charge in [0.2, 0.25) is 10.0 Å². The second-order valence-electron chi connectivity index (χ2n) is 5.71. The van der Waals surface area contributed by atoms with Gasteiger partial charge in [-0.2, -0.15) is 4.31 Å². The topological polar surface area (TPSA) is 50.3 Å². The lowest BCUT2D eigenvalue weighted by atomic mass is 10.1. The predicted octanol–water partition coefficient (Wildman–Crippen LogP) is 4.16. The molecule has 122 valence electrons. The summed E-state index contributed by atoms with van der Waals surface area (Å²) in [6.45, 7) is 2.35. The molecule has 0 bridgehead atoms. The summed E-state index contributed by atoms with van der Waals surface area (Å²) in [5, 5.41) is 0.00255. The molecule has 23 heavy (non-hydrogen) atoms. The van der Waals surface area contributed by atoms with Gasteiger partial charge in [0, 0.05) is 23.3 Å². The minimum absolute atomic E-state index is 0.00255. The zero-order valence-electron chi connectivity index (χ0n) is 12.5. The van der Waals surface area contributed by atoms with Gasteiger partial charge in [-0.05, 0) is 47.3 Å². The molecule has 1 aromatic heterocycles. The van der Waals surface area contributed by atoms with Crippen LogP contribution in [0.25, 0.3) is 0 Å². The van der Waals surface area contributed by atoms with Gasteiger partial charge in [0.05, 0.1) is 0 Å². The Kier molecular flexibility index (Phi) is 4.78. The molecule has 0 unspecified atom stereocenters. The molecule has 1 aliphatic rings. The molecular weight excluding hydrogens is 400 g/mol. The Bertz CT molecular complexity index is 820. The van der Waals surface area contributed by atoms with Gasteiger partial charge in [-0.1, -0.05) is 41.4 Å². The highest BCUT2D eigenvalue weighted by atomic mass is 79.9. The number of benzene rings is 1. The van der Waals surface area contributed by atoms with Crippen molar-refractivity contribution in [3.8, 4) is 0 Å². The third kappa shape index (κ3) is 3.76. The highest BCUT2D eigenvalue weighted by molar-refractivity contribution is 9.10. The molecule has 1 aromatic carbocycles. The van der Waals surface area contributed by atoms with Crippen LogP contribution in [-0.4, -0.2) is 23.7 Å². The zero-order valence-corrected chi connectivity index (χ0v) is 15.7. The maximum Gasteiger partial charge on any atom is 0.246 e. The number of aryl methyl sites for hydroxylation is 1. The molecule has 0 N–H and O–H groups in total. The first-order chi connectivity index (χ1) is 10.9. The highest BCUT2D eigenvalue weighted by Gasteiger charge is 2.39. The molecule has 0 saturated heterocycles. The van der Waals surface area contributed by atoms with E-state index in [1.807, 2.05) is 31.2 Å². The molecule has 4 nitrogen and oxygen atoms in total. The van der Waals surface area contributed by atoms with Crippen molar-refractivity contribution >= 4 is 37.6 Å². The maximum atomic E-state index is 13.0. The van der Waals surface area contributed by atoms with Crippen LogP contribution in [0.15, 0.2) is 45.9 Å². The predicted molar refractivity (Wildman–Crippen MR) is 93.9 cm³/mol. The normalized spacial score (nSPS) is 15.1. The summed E-state index contributed by atoms with van der Waals surface area (Å²) in [5.74, 6) is 0. The first-order valence-corrected chi connectivity index (χ1v) is 9.87. The lowest BCUT2D eigenvalue weighted by Gasteiger charge is -2.22. The van der Waals surface area contributed by atoms with Crippen molar-refractivity contribution in [3.05, 3.63) is 57.3 Å². The smallest absolute Gasteiger partial charge is 0.242 e. The van der Waals surface area contributed by atoms with Gasteiger partial charge in [-0.25, -0.2) is 13.4 Å². The van der Waals surface area contributed by atoms with Crippen LogP contribution in [0.4, 0.5) is 0 Å². The van der Waals surface area contributed by atoms with Gasteiger partial charge >= 0.3 is 0 Å². The third-order valence-electron chi connectivity index (χ3n) is 3.77. The number of aromatic nitrogens is 1. The number of pyridine rings is 1. The second kappa shape index (κ2) is 6.51. The summed E-state index contributed by atoms with van der Waals surface area (Å²) < 4.78 is 28.2. The molecule has 1 aliphatic carbocycles. The van der Waals surface area contributed by atoms with E-state index in [0.29, 0.717) is 11.0 Å². The number of nitrogens with zero attached hydrogens (tertiary/aromatic N) is 2. The van der Waals surface area contributed by atoms with Crippen LogP contribution in [0.2, 0.25) is 5.15 Å². The van der Waals surface area contributed by atoms with E-state index < -0.39 is 10.0 Å². The van der Waals surface area contributed by atoms with Crippen LogP contribution < -0.4 is 0 Å². The zero-order chi connectivity index (χ0) is 16.6. The van der Waals surface area contributed by atoms with Crippen molar-refractivity contribution in [1.29, 1.82) is 0 Å². The van der Waals surface area contributed by atoms with E-state index in [4.69, 9.17) is 11.6 Å². The van der Waals surface area contributed by atoms with E-state index >= 15 is 0 Å². The maximum absolute atomic E-state index is 13.0. The molecule has 0 spiro atoms. The Balaban J connectivity index is 1.96. The molecule has 0 amide bonds. The summed E-state index contributed by atoms with van der Waals surface area (Å²) in [4.78, 5) is 3.99. The second-order valence-corrected chi connectivity index (χ2v) is 8.84. The highest BCUT2D eigenvalue weighted by Crippen LogP contribution is 2.35. The van der Waals surface area contributed by atoms with Crippen molar-refractivity contribution in [2.75, 3.05) is 0 Å². The Morgan fingerprint density at radius 1 is 1.30 bits per heavy atom. The SMILES string of the molecule is Cc1ccc(CN(C2CC2)S(=O)(=O)c2cc(Br)cnc2Cl)cc1. The molecule has 1 heterocycles. The lowest BCUT2D eigenvalue weighted by Crippen LogP contribution is -2.33. The van der Waals surface area contributed by atoms with Crippen LogP contribution in [0.5, 0.6) is 0 Å². The van der Waals surface area contributed by atoms with Gasteiger partial charge in [-0.3, -0.25) is 0 Å². The number of sulfonamides is 1. The fourth-order valence-corrected chi connectivity index (χ4v) is 4.95. The first-order valence-electron chi connectivity index (χ1n) is 7.26. The van der Waals surface area contributed by atoms with E-state index in [2.05, 4.69) is 20.9 Å². The minimum atomic E-state index is -3.69. The van der Waals surface area contributed by atoms with Crippen LogP contribution in [0, 0.1) is 6.92 Å². The summed E-state index contributed by atoms with van der Waals surface area (Å²) in [7, 11) is -3.69. The van der Waals surface area contributed by atoms with E-state index in [1.54, 1.807) is 0 Å². The summed E-state index contributed by atoms with van der Waals surface area (Å²) in [6.07, 6.45) is 3.25. The van der Waals surface area contributed by atoms with Gasteiger partial charge < -0.3 is 0 Å². The largest absolute Gasteiger partial charge is 0.246 e. The van der Waals surface area contributed by atoms with Crippen molar-refractivity contribution in [1.82, 2.24) is 9.29 Å². The van der Waals surface area contributed by atoms with E-state index in [1.165, 1.54) is 16.6 Å². The van der Waals surface area contributed by atoms with Crippen LogP contribution in [-0.2, 0) is 16.6 Å². The van der Waals surface area contributed by atoms with E-state index in [0.717, 1.165) is 24.0 Å². The Hall–Kier alpha value is -0.950. The molecule has 0 atom stereocenters. The molecular formula is C16H16BrClN2O2S. The average molecular weight is 416 g/mol. The Morgan fingerprint density at radius 3 is 2.57 bits per heavy atom. The fourth-order valence-electron chi connectivity index (χ4n) is 2.36. The number of halogens is 2. The number of rotatable bonds is 5. The Labute approximate surface area is 149 Å². The van der Waals surface area contributed by atoms with Crippen molar-refractivity contribution in [2.45, 2.75) is 37.2 Å². The van der Waals surface area contributed by atoms with Crippen LogP contribution in [0.3, 0.4) is 0 Å². The van der Waals surface area contributed by atoms with E-state index in [9.17, 15) is 8.42 Å².